The summed E-state index contributed by atoms with van der Waals surface area (Å²) in [6, 6.07) is 1.48. The van der Waals surface area contributed by atoms with Crippen molar-refractivity contribution >= 4 is 28.6 Å². The summed E-state index contributed by atoms with van der Waals surface area (Å²) >= 11 is 5.74. The number of rotatable bonds is 1. The first-order chi connectivity index (χ1) is 6.20. The highest BCUT2D eigenvalue weighted by atomic mass is 35.5. The second-order valence-corrected chi connectivity index (χ2v) is 2.72. The molecule has 0 aliphatic heterocycles. The smallest absolute Gasteiger partial charge is 0.375 e. The monoisotopic (exact) mass is 198 g/mol. The predicted octanol–water partition coefficient (Wildman–Crippen LogP) is 1.57. The number of halogens is 1. The topological polar surface area (TPSA) is 76.2 Å². The summed E-state index contributed by atoms with van der Waals surface area (Å²) < 4.78 is 4.56. The minimum absolute atomic E-state index is 0.199. The number of nitrogens with zero attached hydrogens (tertiary/aromatic N) is 2. The van der Waals surface area contributed by atoms with Crippen LogP contribution in [-0.2, 0) is 0 Å². The fourth-order valence-corrected chi connectivity index (χ4v) is 1.21. The molecule has 0 aromatic carbocycles. The molecule has 0 radical (unpaired) electrons. The van der Waals surface area contributed by atoms with Crippen LogP contribution in [0.2, 0.25) is 5.02 Å². The van der Waals surface area contributed by atoms with Crippen LogP contribution in [-0.4, -0.2) is 21.2 Å². The standard InChI is InChI=1S/C7H3ClN2O3/c8-3-1-2-9-6-4(3)5(7(11)12)13-10-6/h1-2H,(H,11,12). The Bertz CT molecular complexity index is 480. The van der Waals surface area contributed by atoms with E-state index in [9.17, 15) is 4.79 Å². The Balaban J connectivity index is 2.86. The van der Waals surface area contributed by atoms with E-state index in [-0.39, 0.29) is 21.8 Å². The minimum atomic E-state index is -1.21. The Morgan fingerprint density at radius 2 is 2.38 bits per heavy atom. The summed E-state index contributed by atoms with van der Waals surface area (Å²) in [5, 5.41) is 12.6. The van der Waals surface area contributed by atoms with E-state index in [4.69, 9.17) is 16.7 Å². The summed E-state index contributed by atoms with van der Waals surface area (Å²) in [6.45, 7) is 0. The van der Waals surface area contributed by atoms with Crippen LogP contribution in [0.25, 0.3) is 11.0 Å². The molecule has 0 amide bonds. The van der Waals surface area contributed by atoms with Gasteiger partial charge in [0.15, 0.2) is 0 Å². The van der Waals surface area contributed by atoms with Gasteiger partial charge in [-0.3, -0.25) is 0 Å². The van der Waals surface area contributed by atoms with Gasteiger partial charge < -0.3 is 9.63 Å². The number of carbonyl (C=O) groups is 1. The number of fused-ring (bicyclic) bond motifs is 1. The molecule has 13 heavy (non-hydrogen) atoms. The summed E-state index contributed by atoms with van der Waals surface area (Å²) in [5.41, 5.74) is 0.199. The van der Waals surface area contributed by atoms with Crippen molar-refractivity contribution in [2.75, 3.05) is 0 Å². The van der Waals surface area contributed by atoms with Gasteiger partial charge >= 0.3 is 5.97 Å². The van der Waals surface area contributed by atoms with Crippen LogP contribution in [0.5, 0.6) is 0 Å². The van der Waals surface area contributed by atoms with Gasteiger partial charge in [-0.05, 0) is 6.07 Å². The Labute approximate surface area is 76.9 Å². The maximum absolute atomic E-state index is 10.6. The molecule has 1 N–H and O–H groups in total. The average molecular weight is 199 g/mol. The highest BCUT2D eigenvalue weighted by Crippen LogP contribution is 2.24. The van der Waals surface area contributed by atoms with Crippen LogP contribution in [0.1, 0.15) is 10.6 Å². The third kappa shape index (κ3) is 1.13. The average Bonchev–Trinajstić information content (AvgIpc) is 2.49. The van der Waals surface area contributed by atoms with E-state index in [1.165, 1.54) is 12.3 Å². The van der Waals surface area contributed by atoms with Crippen molar-refractivity contribution in [1.29, 1.82) is 0 Å². The molecular formula is C7H3ClN2O3. The maximum atomic E-state index is 10.6. The molecule has 2 heterocycles. The summed E-state index contributed by atoms with van der Waals surface area (Å²) in [4.78, 5) is 14.4. The van der Waals surface area contributed by atoms with Crippen LogP contribution in [0, 0.1) is 0 Å². The second kappa shape index (κ2) is 2.70. The molecule has 2 aromatic rings. The minimum Gasteiger partial charge on any atom is -0.475 e. The second-order valence-electron chi connectivity index (χ2n) is 2.31. The van der Waals surface area contributed by atoms with Crippen molar-refractivity contribution in [1.82, 2.24) is 10.1 Å². The van der Waals surface area contributed by atoms with E-state index in [1.54, 1.807) is 0 Å². The number of aromatic nitrogens is 2. The predicted molar refractivity (Wildman–Crippen MR) is 43.8 cm³/mol. The van der Waals surface area contributed by atoms with Crippen molar-refractivity contribution in [3.05, 3.63) is 23.0 Å². The third-order valence-corrected chi connectivity index (χ3v) is 1.84. The zero-order valence-corrected chi connectivity index (χ0v) is 6.95. The quantitative estimate of drug-likeness (QED) is 0.753. The van der Waals surface area contributed by atoms with Gasteiger partial charge in [0, 0.05) is 6.20 Å². The number of carboxylic acid groups (broad SMARTS) is 1. The molecule has 5 nitrogen and oxygen atoms in total. The highest BCUT2D eigenvalue weighted by molar-refractivity contribution is 6.36. The van der Waals surface area contributed by atoms with E-state index in [0.717, 1.165) is 0 Å². The Hall–Kier alpha value is -1.62. The molecule has 2 rings (SSSR count). The molecule has 0 aliphatic rings. The van der Waals surface area contributed by atoms with Crippen molar-refractivity contribution in [3.8, 4) is 0 Å². The molecule has 0 spiro atoms. The van der Waals surface area contributed by atoms with Gasteiger partial charge in [-0.2, -0.15) is 0 Å². The number of hydrogen-bond acceptors (Lipinski definition) is 4. The van der Waals surface area contributed by atoms with Gasteiger partial charge in [0.2, 0.25) is 5.65 Å². The first-order valence-corrected chi connectivity index (χ1v) is 3.71. The zero-order valence-electron chi connectivity index (χ0n) is 6.19. The Morgan fingerprint density at radius 3 is 3.08 bits per heavy atom. The molecule has 0 atom stereocenters. The Kier molecular flexibility index (Phi) is 1.66. The molecule has 0 fully saturated rings. The van der Waals surface area contributed by atoms with Crippen molar-refractivity contribution < 1.29 is 14.4 Å². The fraction of sp³-hybridized carbons (Fsp3) is 0. The number of aromatic carboxylic acids is 1. The van der Waals surface area contributed by atoms with Crippen LogP contribution >= 0.6 is 11.6 Å². The molecule has 0 bridgehead atoms. The SMILES string of the molecule is O=C(O)c1onc2nccc(Cl)c12. The van der Waals surface area contributed by atoms with Crippen LogP contribution in [0.15, 0.2) is 16.8 Å². The van der Waals surface area contributed by atoms with E-state index in [2.05, 4.69) is 14.7 Å². The summed E-state index contributed by atoms with van der Waals surface area (Å²) in [6.07, 6.45) is 1.43. The van der Waals surface area contributed by atoms with Gasteiger partial charge in [-0.25, -0.2) is 9.78 Å². The number of hydrogen-bond donors (Lipinski definition) is 1. The largest absolute Gasteiger partial charge is 0.475 e. The van der Waals surface area contributed by atoms with Gasteiger partial charge in [0.1, 0.15) is 0 Å². The fourth-order valence-electron chi connectivity index (χ4n) is 0.988. The summed E-state index contributed by atoms with van der Waals surface area (Å²) in [5.74, 6) is -1.49. The van der Waals surface area contributed by atoms with Gasteiger partial charge in [0.05, 0.1) is 10.4 Å². The maximum Gasteiger partial charge on any atom is 0.375 e. The molecule has 0 saturated carbocycles. The zero-order chi connectivity index (χ0) is 9.42. The molecule has 6 heteroatoms. The van der Waals surface area contributed by atoms with Crippen LogP contribution in [0.4, 0.5) is 0 Å². The van der Waals surface area contributed by atoms with E-state index >= 15 is 0 Å². The third-order valence-electron chi connectivity index (χ3n) is 1.52. The van der Waals surface area contributed by atoms with Crippen molar-refractivity contribution in [2.24, 2.45) is 0 Å². The lowest BCUT2D eigenvalue weighted by Crippen LogP contribution is -1.94. The van der Waals surface area contributed by atoms with E-state index in [1.807, 2.05) is 0 Å². The molecule has 0 aliphatic carbocycles. The lowest BCUT2D eigenvalue weighted by molar-refractivity contribution is 0.0655. The van der Waals surface area contributed by atoms with Gasteiger partial charge in [0.25, 0.3) is 5.76 Å². The Morgan fingerprint density at radius 1 is 1.62 bits per heavy atom. The molecule has 0 saturated heterocycles. The summed E-state index contributed by atoms with van der Waals surface area (Å²) in [7, 11) is 0. The van der Waals surface area contributed by atoms with E-state index < -0.39 is 5.97 Å². The van der Waals surface area contributed by atoms with Crippen molar-refractivity contribution in [2.45, 2.75) is 0 Å². The lowest BCUT2D eigenvalue weighted by Gasteiger charge is -1.90. The number of carboxylic acids is 1. The van der Waals surface area contributed by atoms with E-state index in [0.29, 0.717) is 0 Å². The molecule has 0 unspecified atom stereocenters. The lowest BCUT2D eigenvalue weighted by atomic mass is 10.3. The first kappa shape index (κ1) is 8.00. The molecule has 2 aromatic heterocycles. The highest BCUT2D eigenvalue weighted by Gasteiger charge is 2.18. The molecule has 66 valence electrons. The number of pyridine rings is 1. The van der Waals surface area contributed by atoms with Gasteiger partial charge in [-0.15, -0.1) is 0 Å². The van der Waals surface area contributed by atoms with Crippen LogP contribution in [0.3, 0.4) is 0 Å². The normalized spacial score (nSPS) is 10.5. The van der Waals surface area contributed by atoms with Gasteiger partial charge in [-0.1, -0.05) is 16.8 Å². The van der Waals surface area contributed by atoms with Crippen LogP contribution < -0.4 is 0 Å². The van der Waals surface area contributed by atoms with Crippen molar-refractivity contribution in [3.63, 3.8) is 0 Å². The molecular weight excluding hydrogens is 196 g/mol. The first-order valence-electron chi connectivity index (χ1n) is 3.33.